The smallest absolute Gasteiger partial charge is 0.238 e. The largest absolute Gasteiger partial charge is 0.309 e. The van der Waals surface area contributed by atoms with Gasteiger partial charge in [0.1, 0.15) is 0 Å². The molecule has 5 heteroatoms. The number of para-hydroxylation sites is 4. The average Bonchev–Trinajstić information content (AvgIpc) is 3.80. The Morgan fingerprint density at radius 1 is 0.286 bits per heavy atom. The fourth-order valence-electron chi connectivity index (χ4n) is 8.29. The molecular weight excluding hydrogens is 683 g/mol. The second kappa shape index (κ2) is 13.0. The second-order valence-electron chi connectivity index (χ2n) is 14.0. The van der Waals surface area contributed by atoms with Crippen LogP contribution in [0.15, 0.2) is 200 Å². The lowest BCUT2D eigenvalue weighted by Gasteiger charge is -2.15. The van der Waals surface area contributed by atoms with Crippen LogP contribution in [-0.4, -0.2) is 24.1 Å². The zero-order valence-corrected chi connectivity index (χ0v) is 30.3. The van der Waals surface area contributed by atoms with E-state index in [2.05, 4.69) is 203 Å². The topological polar surface area (TPSA) is 48.5 Å². The van der Waals surface area contributed by atoms with Gasteiger partial charge in [-0.2, -0.15) is 9.97 Å². The van der Waals surface area contributed by atoms with E-state index in [0.29, 0.717) is 17.6 Å². The van der Waals surface area contributed by atoms with Gasteiger partial charge in [0.05, 0.1) is 27.8 Å². The van der Waals surface area contributed by atoms with Gasteiger partial charge in [0, 0.05) is 32.7 Å². The van der Waals surface area contributed by atoms with E-state index in [4.69, 9.17) is 15.0 Å². The monoisotopic (exact) mass is 715 g/mol. The van der Waals surface area contributed by atoms with Crippen molar-refractivity contribution >= 4 is 43.6 Å². The quantitative estimate of drug-likeness (QED) is 0.172. The Morgan fingerprint density at radius 3 is 1.46 bits per heavy atom. The van der Waals surface area contributed by atoms with Crippen LogP contribution >= 0.6 is 0 Å². The molecule has 3 aromatic heterocycles. The summed E-state index contributed by atoms with van der Waals surface area (Å²) in [5, 5.41) is 4.71. The lowest BCUT2D eigenvalue weighted by Crippen LogP contribution is -2.07. The van der Waals surface area contributed by atoms with E-state index in [1.54, 1.807) is 0 Å². The molecule has 0 aliphatic rings. The standard InChI is InChI=1S/C51H33N5/c1-3-16-34(17-4-1)35-30-32-37(33-31-35)49-52-50(42-23-10-14-28-46(42)55-43-25-11-7-20-39(43)40-21-8-12-26-44(40)55)54-51(53-49)56-45-27-13-9-22-41(45)48-38(24-15-29-47(48)56)36-18-5-2-6-19-36/h1-33H. The van der Waals surface area contributed by atoms with Crippen LogP contribution in [0.5, 0.6) is 0 Å². The van der Waals surface area contributed by atoms with E-state index < -0.39 is 0 Å². The van der Waals surface area contributed by atoms with Crippen molar-refractivity contribution in [3.05, 3.63) is 200 Å². The highest BCUT2D eigenvalue weighted by molar-refractivity contribution is 6.15. The first-order chi connectivity index (χ1) is 27.8. The molecule has 11 rings (SSSR count). The Morgan fingerprint density at radius 2 is 0.768 bits per heavy atom. The third-order valence-electron chi connectivity index (χ3n) is 10.8. The van der Waals surface area contributed by atoms with Gasteiger partial charge in [-0.05, 0) is 58.7 Å². The molecule has 0 bridgehead atoms. The van der Waals surface area contributed by atoms with Crippen molar-refractivity contribution < 1.29 is 0 Å². The summed E-state index contributed by atoms with van der Waals surface area (Å²) in [4.78, 5) is 16.0. The molecule has 0 saturated heterocycles. The summed E-state index contributed by atoms with van der Waals surface area (Å²) >= 11 is 0. The molecule has 3 heterocycles. The third-order valence-corrected chi connectivity index (χ3v) is 10.8. The molecule has 0 unspecified atom stereocenters. The average molecular weight is 716 g/mol. The summed E-state index contributed by atoms with van der Waals surface area (Å²) in [6.45, 7) is 0. The number of hydrogen-bond donors (Lipinski definition) is 0. The minimum Gasteiger partial charge on any atom is -0.309 e. The Hall–Kier alpha value is -7.63. The van der Waals surface area contributed by atoms with E-state index >= 15 is 0 Å². The summed E-state index contributed by atoms with van der Waals surface area (Å²) in [6.07, 6.45) is 0. The summed E-state index contributed by atoms with van der Waals surface area (Å²) in [5.41, 5.74) is 11.8. The molecule has 8 aromatic carbocycles. The zero-order chi connectivity index (χ0) is 37.0. The molecule has 0 spiro atoms. The highest BCUT2D eigenvalue weighted by Crippen LogP contribution is 2.40. The van der Waals surface area contributed by atoms with Gasteiger partial charge < -0.3 is 4.57 Å². The second-order valence-corrected chi connectivity index (χ2v) is 14.0. The summed E-state index contributed by atoms with van der Waals surface area (Å²) in [5.74, 6) is 1.76. The van der Waals surface area contributed by atoms with E-state index in [0.717, 1.165) is 66.3 Å². The lowest BCUT2D eigenvalue weighted by molar-refractivity contribution is 0.952. The van der Waals surface area contributed by atoms with Crippen molar-refractivity contribution in [3.8, 4) is 56.7 Å². The maximum Gasteiger partial charge on any atom is 0.238 e. The Kier molecular flexibility index (Phi) is 7.42. The van der Waals surface area contributed by atoms with Gasteiger partial charge in [0.25, 0.3) is 0 Å². The van der Waals surface area contributed by atoms with E-state index in [-0.39, 0.29) is 0 Å². The Balaban J connectivity index is 1.19. The lowest BCUT2D eigenvalue weighted by atomic mass is 9.99. The number of fused-ring (bicyclic) bond motifs is 6. The minimum atomic E-state index is 0.561. The molecule has 11 aromatic rings. The maximum absolute atomic E-state index is 5.40. The fourth-order valence-corrected chi connectivity index (χ4v) is 8.29. The number of hydrogen-bond acceptors (Lipinski definition) is 3. The molecule has 0 saturated carbocycles. The van der Waals surface area contributed by atoms with Crippen LogP contribution in [0.4, 0.5) is 0 Å². The van der Waals surface area contributed by atoms with Crippen molar-refractivity contribution in [2.45, 2.75) is 0 Å². The molecule has 0 atom stereocenters. The molecule has 0 radical (unpaired) electrons. The van der Waals surface area contributed by atoms with Crippen LogP contribution < -0.4 is 0 Å². The Bertz CT molecular complexity index is 3180. The number of rotatable bonds is 6. The summed E-state index contributed by atoms with van der Waals surface area (Å²) in [6, 6.07) is 70.2. The summed E-state index contributed by atoms with van der Waals surface area (Å²) in [7, 11) is 0. The molecular formula is C51H33N5. The molecule has 0 amide bonds. The van der Waals surface area contributed by atoms with E-state index in [1.165, 1.54) is 16.3 Å². The predicted molar refractivity (Wildman–Crippen MR) is 230 cm³/mol. The molecule has 0 N–H and O–H groups in total. The van der Waals surface area contributed by atoms with E-state index in [1.807, 2.05) is 6.07 Å². The molecule has 0 aliphatic carbocycles. The number of nitrogens with zero attached hydrogens (tertiary/aromatic N) is 5. The van der Waals surface area contributed by atoms with Crippen LogP contribution in [-0.2, 0) is 0 Å². The highest BCUT2D eigenvalue weighted by atomic mass is 15.2. The molecule has 0 fully saturated rings. The fraction of sp³-hybridized carbons (Fsp3) is 0. The first-order valence-electron chi connectivity index (χ1n) is 18.9. The number of benzene rings is 8. The van der Waals surface area contributed by atoms with Crippen molar-refractivity contribution in [1.82, 2.24) is 24.1 Å². The van der Waals surface area contributed by atoms with Gasteiger partial charge in [0.15, 0.2) is 11.6 Å². The van der Waals surface area contributed by atoms with Gasteiger partial charge in [-0.25, -0.2) is 4.98 Å². The van der Waals surface area contributed by atoms with Crippen molar-refractivity contribution in [3.63, 3.8) is 0 Å². The zero-order valence-electron chi connectivity index (χ0n) is 30.3. The molecule has 0 aliphatic heterocycles. The van der Waals surface area contributed by atoms with Crippen LogP contribution in [0.1, 0.15) is 0 Å². The molecule has 262 valence electrons. The Labute approximate surface area is 323 Å². The third kappa shape index (κ3) is 5.13. The molecule has 5 nitrogen and oxygen atoms in total. The van der Waals surface area contributed by atoms with Gasteiger partial charge in [-0.3, -0.25) is 4.57 Å². The first kappa shape index (κ1) is 31.9. The van der Waals surface area contributed by atoms with Gasteiger partial charge in [-0.1, -0.05) is 164 Å². The normalized spacial score (nSPS) is 11.6. The van der Waals surface area contributed by atoms with Crippen LogP contribution in [0.2, 0.25) is 0 Å². The van der Waals surface area contributed by atoms with Crippen LogP contribution in [0.25, 0.3) is 100 Å². The minimum absolute atomic E-state index is 0.561. The maximum atomic E-state index is 5.40. The summed E-state index contributed by atoms with van der Waals surface area (Å²) < 4.78 is 4.54. The first-order valence-corrected chi connectivity index (χ1v) is 18.9. The van der Waals surface area contributed by atoms with Gasteiger partial charge >= 0.3 is 0 Å². The van der Waals surface area contributed by atoms with Crippen molar-refractivity contribution in [2.75, 3.05) is 0 Å². The SMILES string of the molecule is c1ccc(-c2ccc(-c3nc(-c4ccccc4-n4c5ccccc5c5ccccc54)nc(-n4c5ccccc5c5c(-c6ccccc6)cccc54)n3)cc2)cc1. The van der Waals surface area contributed by atoms with Crippen molar-refractivity contribution in [1.29, 1.82) is 0 Å². The van der Waals surface area contributed by atoms with Crippen molar-refractivity contribution in [2.24, 2.45) is 0 Å². The highest BCUT2D eigenvalue weighted by Gasteiger charge is 2.22. The number of aromatic nitrogens is 5. The van der Waals surface area contributed by atoms with Crippen LogP contribution in [0.3, 0.4) is 0 Å². The van der Waals surface area contributed by atoms with Crippen LogP contribution in [0, 0.1) is 0 Å². The van der Waals surface area contributed by atoms with Gasteiger partial charge in [0.2, 0.25) is 5.95 Å². The van der Waals surface area contributed by atoms with E-state index in [9.17, 15) is 0 Å². The predicted octanol–water partition coefficient (Wildman–Crippen LogP) is 12.7. The van der Waals surface area contributed by atoms with Gasteiger partial charge in [-0.15, -0.1) is 0 Å². The molecule has 56 heavy (non-hydrogen) atoms.